The van der Waals surface area contributed by atoms with Crippen molar-refractivity contribution in [1.82, 2.24) is 14.8 Å². The number of sulfone groups is 1. The summed E-state index contributed by atoms with van der Waals surface area (Å²) in [4.78, 5) is 16.6. The zero-order valence-electron chi connectivity index (χ0n) is 15.8. The second-order valence-electron chi connectivity index (χ2n) is 6.11. The standard InChI is InChI=1S/C18H16F3N3O4S2/c1-3-30(26,27)15-7-13(28-10-29-2)9-22-16(15)24-17(25)14-6-12(18(19,20)21)5-4-11(14)8-23-24/h4-9H,3,10H2,1-2H3. The highest BCUT2D eigenvalue weighted by molar-refractivity contribution is 7.98. The molecule has 0 saturated carbocycles. The Bertz CT molecular complexity index is 1260. The number of alkyl halides is 3. The van der Waals surface area contributed by atoms with Gasteiger partial charge >= 0.3 is 6.18 Å². The number of benzene rings is 1. The summed E-state index contributed by atoms with van der Waals surface area (Å²) >= 11 is 1.36. The van der Waals surface area contributed by atoms with Crippen LogP contribution in [0.1, 0.15) is 12.5 Å². The quantitative estimate of drug-likeness (QED) is 0.523. The van der Waals surface area contributed by atoms with Gasteiger partial charge < -0.3 is 4.74 Å². The first-order valence-corrected chi connectivity index (χ1v) is 11.6. The van der Waals surface area contributed by atoms with Gasteiger partial charge in [0.25, 0.3) is 5.56 Å². The number of fused-ring (bicyclic) bond motifs is 1. The van der Waals surface area contributed by atoms with Crippen molar-refractivity contribution in [2.24, 2.45) is 0 Å². The number of nitrogens with zero attached hydrogens (tertiary/aromatic N) is 3. The van der Waals surface area contributed by atoms with Crippen LogP contribution in [0, 0.1) is 0 Å². The van der Waals surface area contributed by atoms with Crippen molar-refractivity contribution in [1.29, 1.82) is 0 Å². The maximum Gasteiger partial charge on any atom is 0.416 e. The molecular formula is C18H16F3N3O4S2. The Hall–Kier alpha value is -2.60. The first kappa shape index (κ1) is 22.1. The predicted molar refractivity (Wildman–Crippen MR) is 107 cm³/mol. The molecule has 0 saturated heterocycles. The van der Waals surface area contributed by atoms with Crippen LogP contribution in [-0.4, -0.2) is 41.1 Å². The molecule has 0 aliphatic rings. The van der Waals surface area contributed by atoms with Gasteiger partial charge in [0.05, 0.1) is 29.1 Å². The lowest BCUT2D eigenvalue weighted by Crippen LogP contribution is -2.25. The number of rotatable bonds is 6. The van der Waals surface area contributed by atoms with Crippen molar-refractivity contribution in [2.45, 2.75) is 18.0 Å². The molecule has 160 valence electrons. The third-order valence-corrected chi connectivity index (χ3v) is 6.27. The summed E-state index contributed by atoms with van der Waals surface area (Å²) in [5, 5.41) is 3.84. The number of ether oxygens (including phenoxy) is 1. The fourth-order valence-electron chi connectivity index (χ4n) is 2.64. The fourth-order valence-corrected chi connectivity index (χ4v) is 3.91. The van der Waals surface area contributed by atoms with E-state index >= 15 is 0 Å². The lowest BCUT2D eigenvalue weighted by molar-refractivity contribution is -0.137. The molecule has 0 aliphatic heterocycles. The van der Waals surface area contributed by atoms with E-state index in [1.807, 2.05) is 0 Å². The van der Waals surface area contributed by atoms with Gasteiger partial charge in [0.1, 0.15) is 16.6 Å². The van der Waals surface area contributed by atoms with E-state index < -0.39 is 27.1 Å². The van der Waals surface area contributed by atoms with Crippen LogP contribution in [-0.2, 0) is 16.0 Å². The molecule has 0 amide bonds. The van der Waals surface area contributed by atoms with E-state index in [-0.39, 0.29) is 38.9 Å². The van der Waals surface area contributed by atoms with Crippen molar-refractivity contribution < 1.29 is 26.3 Å². The topological polar surface area (TPSA) is 91.2 Å². The molecule has 2 heterocycles. The number of thioether (sulfide) groups is 1. The van der Waals surface area contributed by atoms with Crippen molar-refractivity contribution in [2.75, 3.05) is 17.9 Å². The molecule has 1 aromatic carbocycles. The van der Waals surface area contributed by atoms with Crippen molar-refractivity contribution in [3.05, 3.63) is 52.6 Å². The van der Waals surface area contributed by atoms with E-state index in [0.29, 0.717) is 10.7 Å². The van der Waals surface area contributed by atoms with Crippen LogP contribution < -0.4 is 10.3 Å². The smallest absolute Gasteiger partial charge is 0.416 e. The molecule has 0 radical (unpaired) electrons. The van der Waals surface area contributed by atoms with Gasteiger partial charge in [0.15, 0.2) is 15.7 Å². The third kappa shape index (κ3) is 4.29. The summed E-state index contributed by atoms with van der Waals surface area (Å²) in [6, 6.07) is 3.91. The summed E-state index contributed by atoms with van der Waals surface area (Å²) in [7, 11) is -3.85. The zero-order chi connectivity index (χ0) is 22.1. The Morgan fingerprint density at radius 2 is 1.93 bits per heavy atom. The summed E-state index contributed by atoms with van der Waals surface area (Å²) < 4.78 is 70.4. The molecule has 0 atom stereocenters. The van der Waals surface area contributed by atoms with E-state index in [1.54, 1.807) is 6.26 Å². The number of hydrogen-bond acceptors (Lipinski definition) is 7. The normalized spacial score (nSPS) is 12.3. The minimum atomic E-state index is -4.64. The Kier molecular flexibility index (Phi) is 6.09. The van der Waals surface area contributed by atoms with Crippen LogP contribution >= 0.6 is 11.8 Å². The lowest BCUT2D eigenvalue weighted by Gasteiger charge is -2.13. The molecule has 2 aromatic heterocycles. The fraction of sp³-hybridized carbons (Fsp3) is 0.278. The van der Waals surface area contributed by atoms with Crippen molar-refractivity contribution in [3.8, 4) is 11.6 Å². The number of hydrogen-bond donors (Lipinski definition) is 0. The molecule has 12 heteroatoms. The highest BCUT2D eigenvalue weighted by Crippen LogP contribution is 2.31. The van der Waals surface area contributed by atoms with Crippen molar-refractivity contribution in [3.63, 3.8) is 0 Å². The van der Waals surface area contributed by atoms with Gasteiger partial charge in [-0.2, -0.15) is 23.0 Å². The maximum atomic E-state index is 13.1. The number of pyridine rings is 1. The van der Waals surface area contributed by atoms with E-state index in [9.17, 15) is 26.4 Å². The summed E-state index contributed by atoms with van der Waals surface area (Å²) in [6.45, 7) is 1.42. The maximum absolute atomic E-state index is 13.1. The molecule has 30 heavy (non-hydrogen) atoms. The summed E-state index contributed by atoms with van der Waals surface area (Å²) in [5.41, 5.74) is -1.92. The minimum absolute atomic E-state index is 0.174. The van der Waals surface area contributed by atoms with Gasteiger partial charge in [-0.15, -0.1) is 11.8 Å². The molecule has 0 aliphatic carbocycles. The molecule has 0 fully saturated rings. The van der Waals surface area contributed by atoms with Gasteiger partial charge in [-0.3, -0.25) is 4.79 Å². The Morgan fingerprint density at radius 3 is 2.57 bits per heavy atom. The first-order chi connectivity index (χ1) is 14.1. The summed E-state index contributed by atoms with van der Waals surface area (Å²) in [6.07, 6.45) is -0.442. The average Bonchev–Trinajstić information content (AvgIpc) is 2.71. The molecular weight excluding hydrogens is 443 g/mol. The SMILES string of the molecule is CCS(=O)(=O)c1cc(OCSC)cnc1-n1ncc2ccc(C(F)(F)F)cc2c1=O. The molecule has 3 aromatic rings. The van der Waals surface area contributed by atoms with Gasteiger partial charge in [-0.05, 0) is 18.4 Å². The molecule has 0 N–H and O–H groups in total. The Balaban J connectivity index is 2.26. The molecule has 0 bridgehead atoms. The van der Waals surface area contributed by atoms with E-state index in [4.69, 9.17) is 4.74 Å². The number of aromatic nitrogens is 3. The van der Waals surface area contributed by atoms with Crippen LogP contribution in [0.25, 0.3) is 16.6 Å². The van der Waals surface area contributed by atoms with Crippen LogP contribution in [0.15, 0.2) is 46.3 Å². The largest absolute Gasteiger partial charge is 0.481 e. The van der Waals surface area contributed by atoms with Crippen LogP contribution in [0.2, 0.25) is 0 Å². The number of halogens is 3. The second kappa shape index (κ2) is 8.26. The van der Waals surface area contributed by atoms with Crippen molar-refractivity contribution >= 4 is 32.4 Å². The minimum Gasteiger partial charge on any atom is -0.481 e. The van der Waals surface area contributed by atoms with E-state index in [1.165, 1.54) is 37.1 Å². The molecule has 0 unspecified atom stereocenters. The van der Waals surface area contributed by atoms with Crippen LogP contribution in [0.3, 0.4) is 0 Å². The highest BCUT2D eigenvalue weighted by atomic mass is 32.2. The molecule has 7 nitrogen and oxygen atoms in total. The highest BCUT2D eigenvalue weighted by Gasteiger charge is 2.31. The van der Waals surface area contributed by atoms with Gasteiger partial charge in [-0.1, -0.05) is 13.0 Å². The molecule has 3 rings (SSSR count). The van der Waals surface area contributed by atoms with E-state index in [0.717, 1.165) is 12.1 Å². The Labute approximate surface area is 173 Å². The van der Waals surface area contributed by atoms with Crippen LogP contribution in [0.4, 0.5) is 13.2 Å². The van der Waals surface area contributed by atoms with Gasteiger partial charge in [0.2, 0.25) is 0 Å². The van der Waals surface area contributed by atoms with Gasteiger partial charge in [0, 0.05) is 11.5 Å². The zero-order valence-corrected chi connectivity index (χ0v) is 17.4. The third-order valence-electron chi connectivity index (χ3n) is 4.18. The Morgan fingerprint density at radius 1 is 1.20 bits per heavy atom. The predicted octanol–water partition coefficient (Wildman–Crippen LogP) is 3.29. The lowest BCUT2D eigenvalue weighted by atomic mass is 10.1. The van der Waals surface area contributed by atoms with E-state index in [2.05, 4.69) is 10.1 Å². The first-order valence-electron chi connectivity index (χ1n) is 8.52. The summed E-state index contributed by atoms with van der Waals surface area (Å²) in [5.74, 6) is -0.166. The van der Waals surface area contributed by atoms with Gasteiger partial charge in [-0.25, -0.2) is 13.4 Å². The second-order valence-corrected chi connectivity index (χ2v) is 9.17. The monoisotopic (exact) mass is 459 g/mol. The van der Waals surface area contributed by atoms with Crippen LogP contribution in [0.5, 0.6) is 5.75 Å². The average molecular weight is 459 g/mol. The molecule has 0 spiro atoms.